The summed E-state index contributed by atoms with van der Waals surface area (Å²) >= 11 is 0. The Kier molecular flexibility index (Phi) is 5.06. The molecule has 1 aromatic heterocycles. The van der Waals surface area contributed by atoms with Crippen LogP contribution in [-0.2, 0) is 13.0 Å². The molecule has 0 N–H and O–H groups in total. The van der Waals surface area contributed by atoms with E-state index in [1.165, 1.54) is 5.56 Å². The van der Waals surface area contributed by atoms with E-state index in [2.05, 4.69) is 27.0 Å². The van der Waals surface area contributed by atoms with Crippen LogP contribution in [0, 0.1) is 0 Å². The molecule has 0 bridgehead atoms. The minimum atomic E-state index is -0.0741. The summed E-state index contributed by atoms with van der Waals surface area (Å²) in [6, 6.07) is 20.1. The predicted molar refractivity (Wildman–Crippen MR) is 111 cm³/mol. The van der Waals surface area contributed by atoms with Gasteiger partial charge >= 0.3 is 0 Å². The van der Waals surface area contributed by atoms with Crippen molar-refractivity contribution < 1.29 is 4.79 Å². The minimum Gasteiger partial charge on any atom is -0.331 e. The van der Waals surface area contributed by atoms with Gasteiger partial charge in [-0.2, -0.15) is 0 Å². The van der Waals surface area contributed by atoms with E-state index in [1.807, 2.05) is 61.2 Å². The van der Waals surface area contributed by atoms with Crippen molar-refractivity contribution in [3.63, 3.8) is 0 Å². The number of hydrogen-bond donors (Lipinski definition) is 0. The molecule has 0 saturated carbocycles. The van der Waals surface area contributed by atoms with Crippen LogP contribution < -0.4 is 4.90 Å². The average Bonchev–Trinajstić information content (AvgIpc) is 3.16. The molecule has 0 unspecified atom stereocenters. The number of aromatic nitrogens is 2. The Balaban J connectivity index is 1.60. The first-order chi connectivity index (χ1) is 13.6. The van der Waals surface area contributed by atoms with Crippen LogP contribution in [0.5, 0.6) is 0 Å². The second kappa shape index (κ2) is 7.80. The molecule has 4 rings (SSSR count). The van der Waals surface area contributed by atoms with Crippen molar-refractivity contribution in [1.82, 2.24) is 14.9 Å². The number of para-hydroxylation sites is 1. The quantitative estimate of drug-likeness (QED) is 0.673. The van der Waals surface area contributed by atoms with Gasteiger partial charge in [0, 0.05) is 31.0 Å². The fraction of sp³-hybridized carbons (Fsp3) is 0.261. The monoisotopic (exact) mass is 372 g/mol. The number of anilines is 2. The zero-order valence-electron chi connectivity index (χ0n) is 16.2. The Morgan fingerprint density at radius 2 is 1.82 bits per heavy atom. The molecule has 28 heavy (non-hydrogen) atoms. The summed E-state index contributed by atoms with van der Waals surface area (Å²) in [6.45, 7) is 5.44. The van der Waals surface area contributed by atoms with Gasteiger partial charge in [0.2, 0.25) is 5.95 Å². The van der Waals surface area contributed by atoms with E-state index in [9.17, 15) is 4.79 Å². The summed E-state index contributed by atoms with van der Waals surface area (Å²) in [7, 11) is 0. The lowest BCUT2D eigenvalue weighted by molar-refractivity contribution is 0.0684. The van der Waals surface area contributed by atoms with Gasteiger partial charge in [-0.1, -0.05) is 48.5 Å². The minimum absolute atomic E-state index is 0.0682. The van der Waals surface area contributed by atoms with E-state index in [-0.39, 0.29) is 11.9 Å². The van der Waals surface area contributed by atoms with E-state index < -0.39 is 0 Å². The first-order valence-electron chi connectivity index (χ1n) is 9.67. The Labute approximate surface area is 165 Å². The van der Waals surface area contributed by atoms with Gasteiger partial charge in [-0.05, 0) is 43.5 Å². The van der Waals surface area contributed by atoms with Gasteiger partial charge < -0.3 is 9.80 Å². The van der Waals surface area contributed by atoms with Crippen LogP contribution in [0.15, 0.2) is 66.9 Å². The van der Waals surface area contributed by atoms with Crippen LogP contribution in [0.25, 0.3) is 0 Å². The molecular weight excluding hydrogens is 348 g/mol. The number of amides is 1. The Hall–Kier alpha value is -3.21. The van der Waals surface area contributed by atoms with Gasteiger partial charge in [0.05, 0.1) is 0 Å². The standard InChI is InChI=1S/C23H24N4O/c1-17(2)27(16-18-8-4-3-5-9-18)22(28)20-12-14-24-23(25-20)26-15-13-19-10-6-7-11-21(19)26/h3-12,14,17H,13,15-16H2,1-2H3. The van der Waals surface area contributed by atoms with Crippen molar-refractivity contribution in [2.45, 2.75) is 32.9 Å². The Bertz CT molecular complexity index is 971. The van der Waals surface area contributed by atoms with Gasteiger partial charge in [0.15, 0.2) is 0 Å². The number of carbonyl (C=O) groups is 1. The van der Waals surface area contributed by atoms with Crippen molar-refractivity contribution in [1.29, 1.82) is 0 Å². The lowest BCUT2D eigenvalue weighted by Crippen LogP contribution is -2.37. The molecule has 1 amide bonds. The van der Waals surface area contributed by atoms with Crippen molar-refractivity contribution in [3.8, 4) is 0 Å². The molecule has 2 aromatic carbocycles. The highest BCUT2D eigenvalue weighted by molar-refractivity contribution is 5.92. The highest BCUT2D eigenvalue weighted by atomic mass is 16.2. The smallest absolute Gasteiger partial charge is 0.273 e. The second-order valence-electron chi connectivity index (χ2n) is 7.28. The topological polar surface area (TPSA) is 49.3 Å². The van der Waals surface area contributed by atoms with E-state index in [1.54, 1.807) is 12.3 Å². The SMILES string of the molecule is CC(C)N(Cc1ccccc1)C(=O)c1ccnc(N2CCc3ccccc32)n1. The molecule has 5 nitrogen and oxygen atoms in total. The van der Waals surface area contributed by atoms with E-state index in [0.29, 0.717) is 18.2 Å². The summed E-state index contributed by atoms with van der Waals surface area (Å²) in [5.41, 5.74) is 3.94. The Morgan fingerprint density at radius 3 is 2.61 bits per heavy atom. The van der Waals surface area contributed by atoms with Gasteiger partial charge in [-0.3, -0.25) is 4.79 Å². The molecule has 0 atom stereocenters. The summed E-state index contributed by atoms with van der Waals surface area (Å²) in [5.74, 6) is 0.509. The highest BCUT2D eigenvalue weighted by Gasteiger charge is 2.25. The maximum absolute atomic E-state index is 13.2. The molecule has 142 valence electrons. The number of fused-ring (bicyclic) bond motifs is 1. The predicted octanol–water partition coefficient (Wildman–Crippen LogP) is 4.22. The number of rotatable bonds is 5. The third-order valence-corrected chi connectivity index (χ3v) is 5.07. The molecule has 0 fully saturated rings. The molecular formula is C23H24N4O. The maximum atomic E-state index is 13.2. The lowest BCUT2D eigenvalue weighted by atomic mass is 10.1. The van der Waals surface area contributed by atoms with Crippen molar-refractivity contribution in [2.75, 3.05) is 11.4 Å². The molecule has 0 radical (unpaired) electrons. The average molecular weight is 372 g/mol. The van der Waals surface area contributed by atoms with Crippen LogP contribution in [0.3, 0.4) is 0 Å². The summed E-state index contributed by atoms with van der Waals surface area (Å²) in [5, 5.41) is 0. The number of benzene rings is 2. The van der Waals surface area contributed by atoms with Crippen molar-refractivity contribution in [3.05, 3.63) is 83.7 Å². The fourth-order valence-electron chi connectivity index (χ4n) is 3.56. The molecule has 2 heterocycles. The maximum Gasteiger partial charge on any atom is 0.273 e. The fourth-order valence-corrected chi connectivity index (χ4v) is 3.56. The van der Waals surface area contributed by atoms with E-state index >= 15 is 0 Å². The second-order valence-corrected chi connectivity index (χ2v) is 7.28. The first kappa shape index (κ1) is 18.2. The largest absolute Gasteiger partial charge is 0.331 e. The number of carbonyl (C=O) groups excluding carboxylic acids is 1. The first-order valence-corrected chi connectivity index (χ1v) is 9.67. The Morgan fingerprint density at radius 1 is 1.07 bits per heavy atom. The molecule has 1 aliphatic heterocycles. The molecule has 0 saturated heterocycles. The third-order valence-electron chi connectivity index (χ3n) is 5.07. The molecule has 1 aliphatic rings. The lowest BCUT2D eigenvalue weighted by Gasteiger charge is -2.27. The van der Waals surface area contributed by atoms with Crippen molar-refractivity contribution >= 4 is 17.5 Å². The van der Waals surface area contributed by atoms with E-state index in [4.69, 9.17) is 0 Å². The van der Waals surface area contributed by atoms with Crippen LogP contribution in [0.2, 0.25) is 0 Å². The molecule has 3 aromatic rings. The molecule has 0 aliphatic carbocycles. The number of nitrogens with zero attached hydrogens (tertiary/aromatic N) is 4. The van der Waals surface area contributed by atoms with Crippen LogP contribution in [-0.4, -0.2) is 33.4 Å². The summed E-state index contributed by atoms with van der Waals surface area (Å²) < 4.78 is 0. The third kappa shape index (κ3) is 3.60. The van der Waals surface area contributed by atoms with Gasteiger partial charge in [0.1, 0.15) is 5.69 Å². The van der Waals surface area contributed by atoms with Crippen LogP contribution >= 0.6 is 0 Å². The van der Waals surface area contributed by atoms with Gasteiger partial charge in [-0.25, -0.2) is 9.97 Å². The van der Waals surface area contributed by atoms with Gasteiger partial charge in [-0.15, -0.1) is 0 Å². The summed E-state index contributed by atoms with van der Waals surface area (Å²) in [6.07, 6.45) is 2.64. The highest BCUT2D eigenvalue weighted by Crippen LogP contribution is 2.32. The van der Waals surface area contributed by atoms with Gasteiger partial charge in [0.25, 0.3) is 5.91 Å². The van der Waals surface area contributed by atoms with E-state index in [0.717, 1.165) is 24.2 Å². The molecule has 0 spiro atoms. The number of hydrogen-bond acceptors (Lipinski definition) is 4. The normalized spacial score (nSPS) is 12.9. The molecule has 5 heteroatoms. The zero-order chi connectivity index (χ0) is 19.5. The van der Waals surface area contributed by atoms with Crippen LogP contribution in [0.1, 0.15) is 35.5 Å². The zero-order valence-corrected chi connectivity index (χ0v) is 16.2. The summed E-state index contributed by atoms with van der Waals surface area (Å²) in [4.78, 5) is 26.2. The van der Waals surface area contributed by atoms with Crippen LogP contribution in [0.4, 0.5) is 11.6 Å². The van der Waals surface area contributed by atoms with Crippen molar-refractivity contribution in [2.24, 2.45) is 0 Å².